The summed E-state index contributed by atoms with van der Waals surface area (Å²) in [5.41, 5.74) is 0.625. The van der Waals surface area contributed by atoms with E-state index in [1.807, 2.05) is 6.92 Å². The third-order valence-corrected chi connectivity index (χ3v) is 3.22. The van der Waals surface area contributed by atoms with Gasteiger partial charge in [0.1, 0.15) is 0 Å². The maximum atomic E-state index is 12.0. The molecule has 1 aromatic rings. The van der Waals surface area contributed by atoms with Crippen molar-refractivity contribution in [3.63, 3.8) is 0 Å². The smallest absolute Gasteiger partial charge is 0.250 e. The first-order chi connectivity index (χ1) is 8.70. The topological polar surface area (TPSA) is 63.1 Å². The molecule has 1 atom stereocenters. The molecule has 0 unspecified atom stereocenters. The summed E-state index contributed by atoms with van der Waals surface area (Å²) < 4.78 is 1.57. The van der Waals surface area contributed by atoms with Crippen molar-refractivity contribution >= 4 is 24.0 Å². The van der Waals surface area contributed by atoms with E-state index in [1.165, 1.54) is 6.07 Å². The van der Waals surface area contributed by atoms with E-state index in [0.717, 1.165) is 25.8 Å². The molecule has 1 saturated heterocycles. The van der Waals surface area contributed by atoms with E-state index in [4.69, 9.17) is 0 Å². The van der Waals surface area contributed by atoms with Crippen LogP contribution < -0.4 is 16.2 Å². The van der Waals surface area contributed by atoms with Gasteiger partial charge in [0.05, 0.1) is 11.7 Å². The van der Waals surface area contributed by atoms with Crippen molar-refractivity contribution < 1.29 is 4.79 Å². The van der Waals surface area contributed by atoms with Crippen molar-refractivity contribution in [2.75, 3.05) is 11.9 Å². The van der Waals surface area contributed by atoms with E-state index in [2.05, 4.69) is 10.6 Å². The summed E-state index contributed by atoms with van der Waals surface area (Å²) in [6.07, 6.45) is 4.77. The first kappa shape index (κ1) is 15.7. The highest BCUT2D eigenvalue weighted by molar-refractivity contribution is 5.94. The number of amides is 1. The van der Waals surface area contributed by atoms with E-state index in [-0.39, 0.29) is 29.9 Å². The maximum Gasteiger partial charge on any atom is 0.250 e. The molecule has 0 aromatic carbocycles. The lowest BCUT2D eigenvalue weighted by molar-refractivity contribution is -0.118. The molecule has 19 heavy (non-hydrogen) atoms. The second-order valence-electron chi connectivity index (χ2n) is 4.53. The van der Waals surface area contributed by atoms with Crippen LogP contribution in [0.1, 0.15) is 26.2 Å². The normalized spacial score (nSPS) is 18.5. The fourth-order valence-electron chi connectivity index (χ4n) is 2.16. The first-order valence-corrected chi connectivity index (χ1v) is 6.45. The second kappa shape index (κ2) is 7.31. The molecule has 106 valence electrons. The quantitative estimate of drug-likeness (QED) is 0.882. The Morgan fingerprint density at radius 1 is 1.47 bits per heavy atom. The van der Waals surface area contributed by atoms with Crippen LogP contribution in [0.2, 0.25) is 0 Å². The van der Waals surface area contributed by atoms with Crippen molar-refractivity contribution in [3.05, 3.63) is 28.7 Å². The molecule has 6 heteroatoms. The van der Waals surface area contributed by atoms with Gasteiger partial charge in [-0.3, -0.25) is 9.59 Å². The zero-order valence-electron chi connectivity index (χ0n) is 11.0. The number of hydrogen-bond acceptors (Lipinski definition) is 3. The van der Waals surface area contributed by atoms with Crippen LogP contribution in [0, 0.1) is 0 Å². The molecule has 1 aromatic heterocycles. The predicted molar refractivity (Wildman–Crippen MR) is 77.9 cm³/mol. The molecule has 0 aliphatic carbocycles. The third kappa shape index (κ3) is 4.08. The van der Waals surface area contributed by atoms with Crippen LogP contribution in [0.15, 0.2) is 23.1 Å². The van der Waals surface area contributed by atoms with Crippen LogP contribution >= 0.6 is 12.4 Å². The molecule has 2 N–H and O–H groups in total. The lowest BCUT2D eigenvalue weighted by atomic mass is 10.0. The van der Waals surface area contributed by atoms with Crippen molar-refractivity contribution in [1.29, 1.82) is 0 Å². The molecule has 0 spiro atoms. The molecule has 0 bridgehead atoms. The summed E-state index contributed by atoms with van der Waals surface area (Å²) in [6.45, 7) is 3.40. The van der Waals surface area contributed by atoms with Gasteiger partial charge in [0.15, 0.2) is 0 Å². The van der Waals surface area contributed by atoms with Crippen molar-refractivity contribution in [1.82, 2.24) is 9.88 Å². The largest absolute Gasteiger partial charge is 0.323 e. The highest BCUT2D eigenvalue weighted by atomic mass is 35.5. The van der Waals surface area contributed by atoms with Crippen molar-refractivity contribution in [2.45, 2.75) is 38.8 Å². The minimum atomic E-state index is -0.110. The third-order valence-electron chi connectivity index (χ3n) is 3.22. The van der Waals surface area contributed by atoms with Gasteiger partial charge < -0.3 is 15.2 Å². The van der Waals surface area contributed by atoms with Crippen molar-refractivity contribution in [2.24, 2.45) is 0 Å². The fourth-order valence-corrected chi connectivity index (χ4v) is 2.16. The Hall–Kier alpha value is -1.33. The number of nitrogens with one attached hydrogen (secondary N) is 2. The lowest BCUT2D eigenvalue weighted by Gasteiger charge is -2.22. The van der Waals surface area contributed by atoms with Gasteiger partial charge in [0.25, 0.3) is 5.56 Å². The molecule has 1 amide bonds. The average Bonchev–Trinajstić information content (AvgIpc) is 2.42. The average molecular weight is 286 g/mol. The van der Waals surface area contributed by atoms with Gasteiger partial charge in [-0.25, -0.2) is 0 Å². The van der Waals surface area contributed by atoms with Crippen molar-refractivity contribution in [3.8, 4) is 0 Å². The Kier molecular flexibility index (Phi) is 6.05. The van der Waals surface area contributed by atoms with E-state index < -0.39 is 0 Å². The van der Waals surface area contributed by atoms with Crippen LogP contribution in [0.25, 0.3) is 0 Å². The van der Waals surface area contributed by atoms with Gasteiger partial charge in [-0.05, 0) is 32.4 Å². The minimum Gasteiger partial charge on any atom is -0.323 e. The molecule has 0 radical (unpaired) electrons. The van der Waals surface area contributed by atoms with E-state index in [1.54, 1.807) is 16.8 Å². The number of aromatic nitrogens is 1. The number of hydrogen-bond donors (Lipinski definition) is 2. The molecule has 1 aliphatic rings. The predicted octanol–water partition coefficient (Wildman–Crippen LogP) is 1.37. The van der Waals surface area contributed by atoms with Gasteiger partial charge >= 0.3 is 0 Å². The standard InChI is InChI=1S/C13H19N3O2.ClH/c1-2-16-9-10(6-7-12(16)17)15-13(18)11-5-3-4-8-14-11;/h6-7,9,11,14H,2-5,8H2,1H3,(H,15,18);1H/t11-;/m0./s1. The molecule has 5 nitrogen and oxygen atoms in total. The summed E-state index contributed by atoms with van der Waals surface area (Å²) in [7, 11) is 0. The summed E-state index contributed by atoms with van der Waals surface area (Å²) in [6, 6.07) is 3.02. The zero-order valence-corrected chi connectivity index (χ0v) is 11.8. The number of carbonyl (C=O) groups excluding carboxylic acids is 1. The lowest BCUT2D eigenvalue weighted by Crippen LogP contribution is -2.43. The summed E-state index contributed by atoms with van der Waals surface area (Å²) >= 11 is 0. The van der Waals surface area contributed by atoms with E-state index >= 15 is 0 Å². The SMILES string of the molecule is CCn1cc(NC(=O)[C@@H]2CCCCN2)ccc1=O.Cl. The van der Waals surface area contributed by atoms with Crippen LogP contribution in [-0.2, 0) is 11.3 Å². The fraction of sp³-hybridized carbons (Fsp3) is 0.538. The Labute approximate surface area is 118 Å². The van der Waals surface area contributed by atoms with Gasteiger partial charge in [0, 0.05) is 18.8 Å². The second-order valence-corrected chi connectivity index (χ2v) is 4.53. The number of nitrogens with zero attached hydrogens (tertiary/aromatic N) is 1. The Balaban J connectivity index is 0.00000180. The molecular formula is C13H20ClN3O2. The summed E-state index contributed by atoms with van der Waals surface area (Å²) in [5.74, 6) is -0.0176. The summed E-state index contributed by atoms with van der Waals surface area (Å²) in [5, 5.41) is 6.05. The Morgan fingerprint density at radius 2 is 2.26 bits per heavy atom. The first-order valence-electron chi connectivity index (χ1n) is 6.45. The van der Waals surface area contributed by atoms with Crippen LogP contribution in [0.5, 0.6) is 0 Å². The molecule has 2 rings (SSSR count). The minimum absolute atomic E-state index is 0. The van der Waals surface area contributed by atoms with Gasteiger partial charge in [0.2, 0.25) is 5.91 Å². The van der Waals surface area contributed by atoms with Gasteiger partial charge in [-0.15, -0.1) is 12.4 Å². The molecule has 0 saturated carbocycles. The van der Waals surface area contributed by atoms with Crippen LogP contribution in [-0.4, -0.2) is 23.1 Å². The number of rotatable bonds is 3. The maximum absolute atomic E-state index is 12.0. The number of pyridine rings is 1. The zero-order chi connectivity index (χ0) is 13.0. The highest BCUT2D eigenvalue weighted by Gasteiger charge is 2.20. The monoisotopic (exact) mass is 285 g/mol. The molecule has 2 heterocycles. The van der Waals surface area contributed by atoms with Gasteiger partial charge in [-0.1, -0.05) is 6.42 Å². The number of anilines is 1. The van der Waals surface area contributed by atoms with Gasteiger partial charge in [-0.2, -0.15) is 0 Å². The summed E-state index contributed by atoms with van der Waals surface area (Å²) in [4.78, 5) is 23.4. The number of piperidine rings is 1. The van der Waals surface area contributed by atoms with E-state index in [9.17, 15) is 9.59 Å². The Morgan fingerprint density at radius 3 is 2.89 bits per heavy atom. The van der Waals surface area contributed by atoms with Crippen LogP contribution in [0.4, 0.5) is 5.69 Å². The van der Waals surface area contributed by atoms with E-state index in [0.29, 0.717) is 12.2 Å². The number of aryl methyl sites for hydroxylation is 1. The molecule has 1 aliphatic heterocycles. The highest BCUT2D eigenvalue weighted by Crippen LogP contribution is 2.10. The molecular weight excluding hydrogens is 266 g/mol. The number of carbonyl (C=O) groups is 1. The Bertz CT molecular complexity index is 481. The molecule has 1 fully saturated rings. The van der Waals surface area contributed by atoms with Crippen LogP contribution in [0.3, 0.4) is 0 Å². The number of halogens is 1.